The van der Waals surface area contributed by atoms with Crippen molar-refractivity contribution in [2.75, 3.05) is 5.32 Å². The first-order valence-electron chi connectivity index (χ1n) is 8.76. The third kappa shape index (κ3) is 3.71. The number of aromatic nitrogens is 5. The molecule has 0 saturated carbocycles. The van der Waals surface area contributed by atoms with Crippen LogP contribution in [-0.2, 0) is 30.7 Å². The van der Waals surface area contributed by atoms with Crippen LogP contribution < -0.4 is 16.6 Å². The molecule has 0 atom stereocenters. The summed E-state index contributed by atoms with van der Waals surface area (Å²) < 4.78 is 7.45. The van der Waals surface area contributed by atoms with Gasteiger partial charge < -0.3 is 9.84 Å². The van der Waals surface area contributed by atoms with E-state index in [-0.39, 0.29) is 28.8 Å². The number of nitrogens with one attached hydrogen (secondary N) is 1. The minimum Gasteiger partial charge on any atom is -0.339 e. The highest BCUT2D eigenvalue weighted by Crippen LogP contribution is 2.19. The van der Waals surface area contributed by atoms with Gasteiger partial charge in [0.25, 0.3) is 5.56 Å². The first-order valence-corrected chi connectivity index (χ1v) is 8.76. The van der Waals surface area contributed by atoms with Crippen LogP contribution in [0.4, 0.5) is 5.69 Å². The lowest BCUT2D eigenvalue weighted by Gasteiger charge is -2.10. The molecule has 3 aromatic heterocycles. The van der Waals surface area contributed by atoms with Crippen molar-refractivity contribution in [2.24, 2.45) is 14.1 Å². The number of hydrogen-bond donors (Lipinski definition) is 1. The predicted octanol–water partition coefficient (Wildman–Crippen LogP) is 0.884. The summed E-state index contributed by atoms with van der Waals surface area (Å²) >= 11 is 0. The topological polar surface area (TPSA) is 125 Å². The van der Waals surface area contributed by atoms with Crippen LogP contribution in [0.5, 0.6) is 0 Å². The Morgan fingerprint density at radius 1 is 1.21 bits per heavy atom. The van der Waals surface area contributed by atoms with Crippen molar-refractivity contribution >= 4 is 22.6 Å². The largest absolute Gasteiger partial charge is 0.339 e. The van der Waals surface area contributed by atoms with Gasteiger partial charge in [-0.2, -0.15) is 4.98 Å². The summed E-state index contributed by atoms with van der Waals surface area (Å²) in [5.74, 6) is 0.696. The van der Waals surface area contributed by atoms with Crippen molar-refractivity contribution < 1.29 is 9.32 Å². The molecular weight excluding hydrogens is 364 g/mol. The molecule has 3 heterocycles. The normalized spacial score (nSPS) is 11.8. The summed E-state index contributed by atoms with van der Waals surface area (Å²) in [6, 6.07) is 1.51. The minimum absolute atomic E-state index is 0.134. The fraction of sp³-hybridized carbons (Fsp3) is 0.444. The molecule has 1 amide bonds. The van der Waals surface area contributed by atoms with E-state index in [1.165, 1.54) is 30.9 Å². The van der Waals surface area contributed by atoms with E-state index in [1.54, 1.807) is 0 Å². The molecule has 1 N–H and O–H groups in total. The molecule has 0 aliphatic rings. The summed E-state index contributed by atoms with van der Waals surface area (Å²) in [5.41, 5.74) is -0.536. The standard InChI is InChI=1S/C18H22N6O4/c1-18(2,3)16-21-13(28-22-16)7-6-12(25)20-10-8-11-14(19-9-10)23(4)17(27)24(5)15(11)26/h8-9H,6-7H2,1-5H3,(H,20,25). The second-order valence-corrected chi connectivity index (χ2v) is 7.61. The molecule has 0 saturated heterocycles. The molecule has 0 aromatic carbocycles. The Kier molecular flexibility index (Phi) is 4.88. The number of pyridine rings is 1. The molecule has 10 nitrogen and oxygen atoms in total. The van der Waals surface area contributed by atoms with Crippen LogP contribution in [-0.4, -0.2) is 30.2 Å². The molecule has 0 bridgehead atoms. The third-order valence-corrected chi connectivity index (χ3v) is 4.28. The maximum Gasteiger partial charge on any atom is 0.332 e. The molecule has 148 valence electrons. The zero-order valence-corrected chi connectivity index (χ0v) is 16.4. The smallest absolute Gasteiger partial charge is 0.332 e. The van der Waals surface area contributed by atoms with Gasteiger partial charge in [-0.1, -0.05) is 25.9 Å². The summed E-state index contributed by atoms with van der Waals surface area (Å²) in [6.07, 6.45) is 1.84. The van der Waals surface area contributed by atoms with Crippen LogP contribution in [0.25, 0.3) is 11.0 Å². The van der Waals surface area contributed by atoms with Gasteiger partial charge in [0, 0.05) is 32.4 Å². The molecule has 0 fully saturated rings. The monoisotopic (exact) mass is 386 g/mol. The van der Waals surface area contributed by atoms with E-state index in [1.807, 2.05) is 20.8 Å². The second kappa shape index (κ2) is 7.02. The number of anilines is 1. The van der Waals surface area contributed by atoms with Gasteiger partial charge >= 0.3 is 5.69 Å². The molecule has 0 aliphatic heterocycles. The van der Waals surface area contributed by atoms with Crippen molar-refractivity contribution in [3.05, 3.63) is 44.8 Å². The van der Waals surface area contributed by atoms with Crippen LogP contribution in [0.15, 0.2) is 26.4 Å². The van der Waals surface area contributed by atoms with Gasteiger partial charge in [0.05, 0.1) is 17.3 Å². The van der Waals surface area contributed by atoms with Gasteiger partial charge in [0.15, 0.2) is 5.82 Å². The molecule has 28 heavy (non-hydrogen) atoms. The van der Waals surface area contributed by atoms with Gasteiger partial charge in [-0.15, -0.1) is 0 Å². The molecule has 0 aliphatic carbocycles. The summed E-state index contributed by atoms with van der Waals surface area (Å²) in [6.45, 7) is 5.92. The second-order valence-electron chi connectivity index (χ2n) is 7.61. The maximum atomic E-state index is 12.3. The van der Waals surface area contributed by atoms with E-state index in [0.717, 1.165) is 4.57 Å². The van der Waals surface area contributed by atoms with Crippen LogP contribution in [0.2, 0.25) is 0 Å². The number of carbonyl (C=O) groups is 1. The Morgan fingerprint density at radius 3 is 2.57 bits per heavy atom. The highest BCUT2D eigenvalue weighted by atomic mass is 16.5. The molecule has 0 unspecified atom stereocenters. The number of fused-ring (bicyclic) bond motifs is 1. The van der Waals surface area contributed by atoms with E-state index in [9.17, 15) is 14.4 Å². The van der Waals surface area contributed by atoms with Gasteiger partial charge in [0.2, 0.25) is 11.8 Å². The summed E-state index contributed by atoms with van der Waals surface area (Å²) in [5, 5.41) is 6.86. The molecule has 0 spiro atoms. The zero-order chi connectivity index (χ0) is 20.6. The maximum absolute atomic E-state index is 12.3. The van der Waals surface area contributed by atoms with Gasteiger partial charge in [-0.05, 0) is 6.07 Å². The van der Waals surface area contributed by atoms with Crippen molar-refractivity contribution in [1.29, 1.82) is 0 Å². The van der Waals surface area contributed by atoms with Crippen LogP contribution in [0.3, 0.4) is 0 Å². The Morgan fingerprint density at radius 2 is 1.93 bits per heavy atom. The lowest BCUT2D eigenvalue weighted by atomic mass is 9.96. The highest BCUT2D eigenvalue weighted by Gasteiger charge is 2.21. The average molecular weight is 386 g/mol. The van der Waals surface area contributed by atoms with E-state index in [0.29, 0.717) is 23.8 Å². The fourth-order valence-corrected chi connectivity index (χ4v) is 2.64. The zero-order valence-electron chi connectivity index (χ0n) is 16.4. The quantitative estimate of drug-likeness (QED) is 0.706. The lowest BCUT2D eigenvalue weighted by molar-refractivity contribution is -0.116. The summed E-state index contributed by atoms with van der Waals surface area (Å²) in [7, 11) is 2.93. The highest BCUT2D eigenvalue weighted by molar-refractivity contribution is 5.92. The van der Waals surface area contributed by atoms with Crippen molar-refractivity contribution in [3.63, 3.8) is 0 Å². The molecule has 3 aromatic rings. The SMILES string of the molecule is Cn1c(=O)c2cc(NC(=O)CCc3nc(C(C)(C)C)no3)cnc2n(C)c1=O. The lowest BCUT2D eigenvalue weighted by Crippen LogP contribution is -2.37. The van der Waals surface area contributed by atoms with E-state index >= 15 is 0 Å². The molecular formula is C18H22N6O4. The Balaban J connectivity index is 1.74. The van der Waals surface area contributed by atoms with Crippen LogP contribution >= 0.6 is 0 Å². The third-order valence-electron chi connectivity index (χ3n) is 4.28. The first-order chi connectivity index (χ1) is 13.1. The Hall–Kier alpha value is -3.30. The number of hydrogen-bond acceptors (Lipinski definition) is 7. The van der Waals surface area contributed by atoms with E-state index < -0.39 is 11.2 Å². The van der Waals surface area contributed by atoms with Crippen molar-refractivity contribution in [3.8, 4) is 0 Å². The summed E-state index contributed by atoms with van der Waals surface area (Å²) in [4.78, 5) is 44.9. The minimum atomic E-state index is -0.470. The van der Waals surface area contributed by atoms with Crippen molar-refractivity contribution in [1.82, 2.24) is 24.3 Å². The van der Waals surface area contributed by atoms with Gasteiger partial charge in [-0.25, -0.2) is 9.78 Å². The Bertz CT molecular complexity index is 1170. The Labute approximate surface area is 160 Å². The number of aryl methyl sites for hydroxylation is 2. The first kappa shape index (κ1) is 19.5. The molecule has 10 heteroatoms. The average Bonchev–Trinajstić information content (AvgIpc) is 3.12. The van der Waals surface area contributed by atoms with Crippen molar-refractivity contribution in [2.45, 2.75) is 39.0 Å². The van der Waals surface area contributed by atoms with Crippen LogP contribution in [0.1, 0.15) is 38.9 Å². The number of rotatable bonds is 4. The fourth-order valence-electron chi connectivity index (χ4n) is 2.64. The number of amides is 1. The van der Waals surface area contributed by atoms with E-state index in [4.69, 9.17) is 4.52 Å². The number of nitrogens with zero attached hydrogens (tertiary/aromatic N) is 5. The van der Waals surface area contributed by atoms with Gasteiger partial charge in [0.1, 0.15) is 5.65 Å². The number of carbonyl (C=O) groups excluding carboxylic acids is 1. The van der Waals surface area contributed by atoms with Gasteiger partial charge in [-0.3, -0.25) is 18.7 Å². The predicted molar refractivity (Wildman–Crippen MR) is 102 cm³/mol. The van der Waals surface area contributed by atoms with E-state index in [2.05, 4.69) is 20.4 Å². The molecule has 0 radical (unpaired) electrons. The molecule has 3 rings (SSSR count). The van der Waals surface area contributed by atoms with Crippen LogP contribution in [0, 0.1) is 0 Å².